The van der Waals surface area contributed by atoms with Crippen LogP contribution in [0.1, 0.15) is 35.2 Å². The number of nitrogens with zero attached hydrogens (tertiary/aromatic N) is 3. The van der Waals surface area contributed by atoms with Crippen LogP contribution < -0.4 is 5.32 Å². The lowest BCUT2D eigenvalue weighted by Gasteiger charge is -1.99. The Morgan fingerprint density at radius 2 is 2.27 bits per heavy atom. The first-order valence-corrected chi connectivity index (χ1v) is 7.49. The van der Waals surface area contributed by atoms with Gasteiger partial charge in [-0.2, -0.15) is 5.10 Å². The molecular formula is C15H16ClN5O. The number of H-pyrrole nitrogens is 1. The number of aromatic amines is 1. The number of carbonyl (C=O) groups is 1. The first-order chi connectivity index (χ1) is 10.7. The molecule has 3 heterocycles. The van der Waals surface area contributed by atoms with E-state index in [4.69, 9.17) is 11.6 Å². The van der Waals surface area contributed by atoms with Gasteiger partial charge in [0, 0.05) is 18.1 Å². The monoisotopic (exact) mass is 317 g/mol. The summed E-state index contributed by atoms with van der Waals surface area (Å²) in [5, 5.41) is 10.3. The Kier molecular flexibility index (Phi) is 4.11. The molecule has 0 aliphatic carbocycles. The van der Waals surface area contributed by atoms with E-state index in [9.17, 15) is 4.79 Å². The average molecular weight is 318 g/mol. The van der Waals surface area contributed by atoms with E-state index in [1.165, 1.54) is 0 Å². The number of imidazole rings is 1. The van der Waals surface area contributed by atoms with Crippen molar-refractivity contribution in [2.75, 3.05) is 0 Å². The molecule has 0 bridgehead atoms. The average Bonchev–Trinajstić information content (AvgIpc) is 3.11. The predicted octanol–water partition coefficient (Wildman–Crippen LogP) is 2.59. The third-order valence-electron chi connectivity index (χ3n) is 3.28. The Labute approximate surface area is 132 Å². The predicted molar refractivity (Wildman–Crippen MR) is 84.0 cm³/mol. The van der Waals surface area contributed by atoms with Gasteiger partial charge in [-0.1, -0.05) is 24.9 Å². The van der Waals surface area contributed by atoms with Gasteiger partial charge in [-0.15, -0.1) is 0 Å². The zero-order valence-electron chi connectivity index (χ0n) is 12.1. The van der Waals surface area contributed by atoms with Crippen LogP contribution >= 0.6 is 11.6 Å². The highest BCUT2D eigenvalue weighted by Crippen LogP contribution is 2.11. The number of rotatable bonds is 5. The van der Waals surface area contributed by atoms with Crippen LogP contribution in [-0.2, 0) is 13.0 Å². The molecule has 3 aromatic rings. The minimum absolute atomic E-state index is 0.214. The lowest BCUT2D eigenvalue weighted by atomic mass is 10.2. The summed E-state index contributed by atoms with van der Waals surface area (Å²) in [6, 6.07) is 5.39. The molecule has 1 amide bonds. The zero-order valence-corrected chi connectivity index (χ0v) is 12.9. The van der Waals surface area contributed by atoms with Crippen LogP contribution in [0.25, 0.3) is 5.65 Å². The highest BCUT2D eigenvalue weighted by molar-refractivity contribution is 6.30. The summed E-state index contributed by atoms with van der Waals surface area (Å²) in [4.78, 5) is 16.5. The quantitative estimate of drug-likeness (QED) is 0.759. The van der Waals surface area contributed by atoms with Crippen LogP contribution in [0.15, 0.2) is 30.6 Å². The third kappa shape index (κ3) is 3.12. The first kappa shape index (κ1) is 14.6. The third-order valence-corrected chi connectivity index (χ3v) is 3.50. The van der Waals surface area contributed by atoms with Crippen molar-refractivity contribution in [3.05, 3.63) is 52.7 Å². The molecule has 7 heteroatoms. The largest absolute Gasteiger partial charge is 0.345 e. The van der Waals surface area contributed by atoms with Crippen LogP contribution in [0.4, 0.5) is 0 Å². The smallest absolute Gasteiger partial charge is 0.272 e. The van der Waals surface area contributed by atoms with Gasteiger partial charge in [-0.05, 0) is 24.6 Å². The van der Waals surface area contributed by atoms with Crippen molar-refractivity contribution in [1.82, 2.24) is 24.9 Å². The molecule has 6 nitrogen and oxygen atoms in total. The van der Waals surface area contributed by atoms with Gasteiger partial charge in [-0.25, -0.2) is 4.98 Å². The van der Waals surface area contributed by atoms with Gasteiger partial charge in [0.05, 0.1) is 17.3 Å². The molecule has 0 fully saturated rings. The fourth-order valence-corrected chi connectivity index (χ4v) is 2.41. The van der Waals surface area contributed by atoms with E-state index in [2.05, 4.69) is 27.4 Å². The van der Waals surface area contributed by atoms with E-state index in [1.54, 1.807) is 18.3 Å². The van der Waals surface area contributed by atoms with Gasteiger partial charge in [-0.3, -0.25) is 9.89 Å². The number of fused-ring (bicyclic) bond motifs is 1. The maximum absolute atomic E-state index is 12.1. The van der Waals surface area contributed by atoms with E-state index in [0.29, 0.717) is 17.3 Å². The number of halogens is 1. The molecule has 0 atom stereocenters. The molecule has 0 aliphatic heterocycles. The normalized spacial score (nSPS) is 11.0. The summed E-state index contributed by atoms with van der Waals surface area (Å²) < 4.78 is 1.83. The number of pyridine rings is 1. The van der Waals surface area contributed by atoms with Crippen molar-refractivity contribution in [3.63, 3.8) is 0 Å². The minimum Gasteiger partial charge on any atom is -0.345 e. The van der Waals surface area contributed by atoms with Gasteiger partial charge >= 0.3 is 0 Å². The summed E-state index contributed by atoms with van der Waals surface area (Å²) in [5.41, 5.74) is 2.92. The molecular weight excluding hydrogens is 302 g/mol. The van der Waals surface area contributed by atoms with Crippen LogP contribution in [0, 0.1) is 0 Å². The lowest BCUT2D eigenvalue weighted by molar-refractivity contribution is 0.0945. The topological polar surface area (TPSA) is 75.1 Å². The standard InChI is InChI=1S/C15H16ClN5O/c1-2-3-11-6-13(20-19-11)15(22)17-7-12-9-21-8-10(16)4-5-14(21)18-12/h4-6,8-9H,2-3,7H2,1H3,(H,17,22)(H,19,20). The second kappa shape index (κ2) is 6.19. The summed E-state index contributed by atoms with van der Waals surface area (Å²) in [5.74, 6) is -0.214. The maximum Gasteiger partial charge on any atom is 0.272 e. The Morgan fingerprint density at radius 3 is 3.09 bits per heavy atom. The molecule has 0 aliphatic rings. The van der Waals surface area contributed by atoms with E-state index in [-0.39, 0.29) is 5.91 Å². The molecule has 3 rings (SSSR count). The van der Waals surface area contributed by atoms with Crippen LogP contribution in [-0.4, -0.2) is 25.5 Å². The molecule has 0 saturated heterocycles. The second-order valence-electron chi connectivity index (χ2n) is 5.06. The van der Waals surface area contributed by atoms with E-state index >= 15 is 0 Å². The van der Waals surface area contributed by atoms with Gasteiger partial charge in [0.1, 0.15) is 11.3 Å². The lowest BCUT2D eigenvalue weighted by Crippen LogP contribution is -2.23. The fourth-order valence-electron chi connectivity index (χ4n) is 2.24. The fraction of sp³-hybridized carbons (Fsp3) is 0.267. The van der Waals surface area contributed by atoms with Crippen LogP contribution in [0.2, 0.25) is 5.02 Å². The van der Waals surface area contributed by atoms with E-state index in [1.807, 2.05) is 16.7 Å². The Morgan fingerprint density at radius 1 is 1.41 bits per heavy atom. The maximum atomic E-state index is 12.1. The van der Waals surface area contributed by atoms with Gasteiger partial charge < -0.3 is 9.72 Å². The van der Waals surface area contributed by atoms with Crippen molar-refractivity contribution >= 4 is 23.2 Å². The number of aromatic nitrogens is 4. The Balaban J connectivity index is 1.66. The highest BCUT2D eigenvalue weighted by Gasteiger charge is 2.11. The van der Waals surface area contributed by atoms with Crippen molar-refractivity contribution in [1.29, 1.82) is 0 Å². The number of hydrogen-bond donors (Lipinski definition) is 2. The van der Waals surface area contributed by atoms with Gasteiger partial charge in [0.15, 0.2) is 0 Å². The van der Waals surface area contributed by atoms with Gasteiger partial charge in [0.2, 0.25) is 0 Å². The highest BCUT2D eigenvalue weighted by atomic mass is 35.5. The van der Waals surface area contributed by atoms with Crippen molar-refractivity contribution in [2.45, 2.75) is 26.3 Å². The zero-order chi connectivity index (χ0) is 15.5. The molecule has 22 heavy (non-hydrogen) atoms. The number of carbonyl (C=O) groups excluding carboxylic acids is 1. The summed E-state index contributed by atoms with van der Waals surface area (Å²) in [7, 11) is 0. The molecule has 0 aromatic carbocycles. The summed E-state index contributed by atoms with van der Waals surface area (Å²) >= 11 is 5.93. The number of nitrogens with one attached hydrogen (secondary N) is 2. The first-order valence-electron chi connectivity index (χ1n) is 7.11. The molecule has 0 spiro atoms. The summed E-state index contributed by atoms with van der Waals surface area (Å²) in [6.45, 7) is 2.42. The van der Waals surface area contributed by atoms with E-state index < -0.39 is 0 Å². The van der Waals surface area contributed by atoms with Crippen molar-refractivity contribution in [2.24, 2.45) is 0 Å². The summed E-state index contributed by atoms with van der Waals surface area (Å²) in [6.07, 6.45) is 5.51. The second-order valence-corrected chi connectivity index (χ2v) is 5.49. The molecule has 0 unspecified atom stereocenters. The van der Waals surface area contributed by atoms with Gasteiger partial charge in [0.25, 0.3) is 5.91 Å². The number of hydrogen-bond acceptors (Lipinski definition) is 3. The van der Waals surface area contributed by atoms with Crippen molar-refractivity contribution < 1.29 is 4.79 Å². The SMILES string of the molecule is CCCc1cc(C(=O)NCc2cn3cc(Cl)ccc3n2)n[nH]1. The molecule has 0 saturated carbocycles. The molecule has 0 radical (unpaired) electrons. The molecule has 114 valence electrons. The minimum atomic E-state index is -0.214. The molecule has 3 aromatic heterocycles. The Bertz CT molecular complexity index is 807. The van der Waals surface area contributed by atoms with Crippen molar-refractivity contribution in [3.8, 4) is 0 Å². The number of aryl methyl sites for hydroxylation is 1. The molecule has 2 N–H and O–H groups in total. The number of amides is 1. The Hall–Kier alpha value is -2.34. The van der Waals surface area contributed by atoms with E-state index in [0.717, 1.165) is 29.9 Å². The van der Waals surface area contributed by atoms with Crippen LogP contribution in [0.3, 0.4) is 0 Å². The van der Waals surface area contributed by atoms with Crippen LogP contribution in [0.5, 0.6) is 0 Å².